The van der Waals surface area contributed by atoms with Crippen LogP contribution in [0.25, 0.3) is 11.3 Å². The highest BCUT2D eigenvalue weighted by atomic mass is 35.5. The predicted molar refractivity (Wildman–Crippen MR) is 101 cm³/mol. The van der Waals surface area contributed by atoms with Crippen molar-refractivity contribution < 1.29 is 4.79 Å². The quantitative estimate of drug-likeness (QED) is 0.621. The van der Waals surface area contributed by atoms with Gasteiger partial charge >= 0.3 is 0 Å². The van der Waals surface area contributed by atoms with Crippen molar-refractivity contribution in [3.05, 3.63) is 58.6 Å². The molecular formula is C17H14ClN3OS2. The van der Waals surface area contributed by atoms with Crippen molar-refractivity contribution >= 4 is 45.7 Å². The molecule has 1 amide bonds. The van der Waals surface area contributed by atoms with Crippen LogP contribution in [0.2, 0.25) is 5.02 Å². The van der Waals surface area contributed by atoms with Crippen LogP contribution in [0, 0.1) is 0 Å². The number of pyridine rings is 1. The summed E-state index contributed by atoms with van der Waals surface area (Å²) in [5.74, 6) is 0.710. The number of nitrogens with zero attached hydrogens (tertiary/aromatic N) is 2. The number of carbonyl (C=O) groups excluding carboxylic acids is 1. The van der Waals surface area contributed by atoms with Gasteiger partial charge in [-0.15, -0.1) is 23.1 Å². The number of aromatic nitrogens is 2. The first-order valence-electron chi connectivity index (χ1n) is 7.28. The number of benzene rings is 1. The van der Waals surface area contributed by atoms with Crippen LogP contribution in [-0.4, -0.2) is 21.6 Å². The van der Waals surface area contributed by atoms with Crippen LogP contribution in [0.15, 0.2) is 53.0 Å². The van der Waals surface area contributed by atoms with Crippen molar-refractivity contribution in [2.24, 2.45) is 0 Å². The molecule has 0 aliphatic heterocycles. The van der Waals surface area contributed by atoms with Crippen molar-refractivity contribution in [1.29, 1.82) is 0 Å². The minimum Gasteiger partial charge on any atom is -0.298 e. The Morgan fingerprint density at radius 2 is 2.17 bits per heavy atom. The van der Waals surface area contributed by atoms with Crippen LogP contribution in [0.4, 0.5) is 5.13 Å². The second kappa shape index (κ2) is 7.79. The van der Waals surface area contributed by atoms with E-state index in [4.69, 9.17) is 11.6 Å². The van der Waals surface area contributed by atoms with E-state index in [-0.39, 0.29) is 5.91 Å². The van der Waals surface area contributed by atoms with Crippen LogP contribution in [0.3, 0.4) is 0 Å². The van der Waals surface area contributed by atoms with E-state index < -0.39 is 0 Å². The van der Waals surface area contributed by atoms with Gasteiger partial charge < -0.3 is 0 Å². The number of halogens is 1. The number of anilines is 1. The minimum absolute atomic E-state index is 0.199. The van der Waals surface area contributed by atoms with Crippen molar-refractivity contribution in [3.63, 3.8) is 0 Å². The monoisotopic (exact) mass is 375 g/mol. The highest BCUT2D eigenvalue weighted by molar-refractivity contribution is 7.99. The molecule has 3 rings (SSSR count). The maximum Gasteiger partial charge on any atom is 0.257 e. The largest absolute Gasteiger partial charge is 0.298 e. The third-order valence-corrected chi connectivity index (χ3v) is 5.06. The lowest BCUT2D eigenvalue weighted by molar-refractivity contribution is 0.102. The van der Waals surface area contributed by atoms with Crippen LogP contribution < -0.4 is 5.32 Å². The molecule has 0 saturated heterocycles. The summed E-state index contributed by atoms with van der Waals surface area (Å²) >= 11 is 9.15. The maximum absolute atomic E-state index is 12.4. The summed E-state index contributed by atoms with van der Waals surface area (Å²) in [5.41, 5.74) is 2.16. The molecule has 122 valence electrons. The van der Waals surface area contributed by atoms with Gasteiger partial charge in [-0.25, -0.2) is 9.97 Å². The summed E-state index contributed by atoms with van der Waals surface area (Å²) < 4.78 is 0. The number of carbonyl (C=O) groups is 1. The molecule has 7 heteroatoms. The lowest BCUT2D eigenvalue weighted by Crippen LogP contribution is -2.11. The third kappa shape index (κ3) is 3.95. The average Bonchev–Trinajstić information content (AvgIpc) is 3.04. The molecule has 0 spiro atoms. The summed E-state index contributed by atoms with van der Waals surface area (Å²) in [4.78, 5) is 21.0. The number of nitrogens with one attached hydrogen (secondary N) is 1. The highest BCUT2D eigenvalue weighted by Crippen LogP contribution is 2.30. The normalized spacial score (nSPS) is 10.6. The predicted octanol–water partition coefficient (Wildman–Crippen LogP) is 5.22. The van der Waals surface area contributed by atoms with Crippen molar-refractivity contribution in [1.82, 2.24) is 9.97 Å². The van der Waals surface area contributed by atoms with Crippen LogP contribution >= 0.6 is 34.7 Å². The molecule has 24 heavy (non-hydrogen) atoms. The molecule has 0 bridgehead atoms. The van der Waals surface area contributed by atoms with E-state index in [1.807, 2.05) is 36.6 Å². The molecule has 4 nitrogen and oxygen atoms in total. The fourth-order valence-electron chi connectivity index (χ4n) is 2.07. The minimum atomic E-state index is -0.199. The molecule has 0 aliphatic rings. The maximum atomic E-state index is 12.4. The summed E-state index contributed by atoms with van der Waals surface area (Å²) in [5, 5.41) is 6.71. The Bertz CT molecular complexity index is 866. The van der Waals surface area contributed by atoms with Crippen molar-refractivity contribution in [2.45, 2.75) is 11.9 Å². The van der Waals surface area contributed by atoms with Gasteiger partial charge in [0.25, 0.3) is 5.91 Å². The Balaban J connectivity index is 1.76. The molecule has 1 aromatic carbocycles. The van der Waals surface area contributed by atoms with E-state index in [0.29, 0.717) is 15.7 Å². The lowest BCUT2D eigenvalue weighted by atomic mass is 10.2. The molecular weight excluding hydrogens is 362 g/mol. The molecule has 2 heterocycles. The zero-order valence-electron chi connectivity index (χ0n) is 12.8. The van der Waals surface area contributed by atoms with Gasteiger partial charge in [0.05, 0.1) is 10.7 Å². The molecule has 0 unspecified atom stereocenters. The molecule has 0 atom stereocenters. The van der Waals surface area contributed by atoms with Crippen LogP contribution in [0.1, 0.15) is 17.3 Å². The van der Waals surface area contributed by atoms with Gasteiger partial charge in [0, 0.05) is 27.7 Å². The van der Waals surface area contributed by atoms with Gasteiger partial charge in [-0.05, 0) is 24.0 Å². The van der Waals surface area contributed by atoms with E-state index in [9.17, 15) is 4.79 Å². The Labute approximate surface area is 153 Å². The second-order valence-corrected chi connectivity index (χ2v) is 7.34. The van der Waals surface area contributed by atoms with E-state index in [0.717, 1.165) is 22.0 Å². The fourth-order valence-corrected chi connectivity index (χ4v) is 3.65. The smallest absolute Gasteiger partial charge is 0.257 e. The molecule has 0 fully saturated rings. The van der Waals surface area contributed by atoms with Crippen LogP contribution in [0.5, 0.6) is 0 Å². The van der Waals surface area contributed by atoms with Crippen molar-refractivity contribution in [2.75, 3.05) is 11.1 Å². The number of hydrogen-bond acceptors (Lipinski definition) is 5. The zero-order chi connectivity index (χ0) is 16.9. The highest BCUT2D eigenvalue weighted by Gasteiger charge is 2.12. The van der Waals surface area contributed by atoms with Gasteiger partial charge in [0.2, 0.25) is 0 Å². The summed E-state index contributed by atoms with van der Waals surface area (Å²) in [7, 11) is 0. The first kappa shape index (κ1) is 17.0. The van der Waals surface area contributed by atoms with E-state index >= 15 is 0 Å². The van der Waals surface area contributed by atoms with Gasteiger partial charge in [0.15, 0.2) is 5.13 Å². The topological polar surface area (TPSA) is 54.9 Å². The van der Waals surface area contributed by atoms with Crippen molar-refractivity contribution in [3.8, 4) is 11.3 Å². The average molecular weight is 376 g/mol. The summed E-state index contributed by atoms with van der Waals surface area (Å²) in [6.45, 7) is 2.05. The number of thiazole rings is 1. The van der Waals surface area contributed by atoms with Crippen LogP contribution in [-0.2, 0) is 0 Å². The fraction of sp³-hybridized carbons (Fsp3) is 0.118. The molecule has 2 aromatic heterocycles. The standard InChI is InChI=1S/C17H14ClN3OS2/c1-2-23-15-9-11(7-8-19-15)16(22)21-17-20-14(10-24-17)12-5-3-4-6-13(12)18/h3-10H,2H2,1H3,(H,20,21,22). The molecule has 0 aliphatic carbocycles. The Kier molecular flexibility index (Phi) is 5.50. The van der Waals surface area contributed by atoms with E-state index in [1.54, 1.807) is 30.1 Å². The SMILES string of the molecule is CCSc1cc(C(=O)Nc2nc(-c3ccccc3Cl)cs2)ccn1. The summed E-state index contributed by atoms with van der Waals surface area (Å²) in [6.07, 6.45) is 1.64. The Morgan fingerprint density at radius 3 is 2.96 bits per heavy atom. The zero-order valence-corrected chi connectivity index (χ0v) is 15.2. The third-order valence-electron chi connectivity index (χ3n) is 3.16. The number of hydrogen-bond donors (Lipinski definition) is 1. The number of rotatable bonds is 5. The van der Waals surface area contributed by atoms with Gasteiger partial charge in [-0.2, -0.15) is 0 Å². The van der Waals surface area contributed by atoms with E-state index in [1.165, 1.54) is 11.3 Å². The lowest BCUT2D eigenvalue weighted by Gasteiger charge is -2.03. The van der Waals surface area contributed by atoms with Gasteiger partial charge in [0.1, 0.15) is 0 Å². The molecule has 1 N–H and O–H groups in total. The van der Waals surface area contributed by atoms with Gasteiger partial charge in [-0.1, -0.05) is 36.7 Å². The first-order valence-corrected chi connectivity index (χ1v) is 9.52. The van der Waals surface area contributed by atoms with Gasteiger partial charge in [-0.3, -0.25) is 10.1 Å². The first-order chi connectivity index (χ1) is 11.7. The Hall–Kier alpha value is -1.89. The van der Waals surface area contributed by atoms with E-state index in [2.05, 4.69) is 15.3 Å². The second-order valence-electron chi connectivity index (χ2n) is 4.79. The number of amides is 1. The number of thioether (sulfide) groups is 1. The molecule has 0 radical (unpaired) electrons. The molecule has 3 aromatic rings. The molecule has 0 saturated carbocycles. The summed E-state index contributed by atoms with van der Waals surface area (Å²) in [6, 6.07) is 11.0. The Morgan fingerprint density at radius 1 is 1.33 bits per heavy atom.